The summed E-state index contributed by atoms with van der Waals surface area (Å²) in [5.41, 5.74) is 1.78. The normalized spacial score (nSPS) is 18.8. The van der Waals surface area contributed by atoms with Crippen LogP contribution >= 0.6 is 0 Å². The first kappa shape index (κ1) is 22.5. The lowest BCUT2D eigenvalue weighted by Crippen LogP contribution is -2.44. The molecular formula is C23H33N5O4. The average molecular weight is 444 g/mol. The summed E-state index contributed by atoms with van der Waals surface area (Å²) in [6.45, 7) is 7.17. The number of amides is 1. The number of carboxylic acid groups (broad SMARTS) is 1. The van der Waals surface area contributed by atoms with Crippen molar-refractivity contribution in [3.63, 3.8) is 0 Å². The van der Waals surface area contributed by atoms with Gasteiger partial charge in [-0.3, -0.25) is 0 Å². The molecular weight excluding hydrogens is 410 g/mol. The average Bonchev–Trinajstić information content (AvgIpc) is 2.82. The predicted octanol–water partition coefficient (Wildman–Crippen LogP) is 2.51. The summed E-state index contributed by atoms with van der Waals surface area (Å²) >= 11 is 0. The van der Waals surface area contributed by atoms with Gasteiger partial charge in [0.25, 0.3) is 0 Å². The van der Waals surface area contributed by atoms with E-state index in [2.05, 4.69) is 26.8 Å². The van der Waals surface area contributed by atoms with Crippen LogP contribution in [-0.2, 0) is 0 Å². The molecule has 1 N–H and O–H groups in total. The maximum Gasteiger partial charge on any atom is 0.407 e. The molecule has 2 aromatic rings. The lowest BCUT2D eigenvalue weighted by molar-refractivity contribution is 0.132. The van der Waals surface area contributed by atoms with Crippen LogP contribution < -0.4 is 9.47 Å². The van der Waals surface area contributed by atoms with Gasteiger partial charge in [-0.15, -0.1) is 0 Å². The van der Waals surface area contributed by atoms with E-state index in [-0.39, 0.29) is 5.92 Å². The standard InChI is InChI=1S/C23H33N5O4/c1-26-9-11-27(12-10-26)6-3-13-32-21-15-19-18(14-20(21)31-2)22(25-16-24-19)17-4-7-28(8-5-17)23(29)30/h14-17H,3-13H2,1-2H3,(H,29,30). The Morgan fingerprint density at radius 2 is 1.84 bits per heavy atom. The molecule has 2 saturated heterocycles. The van der Waals surface area contributed by atoms with Crippen molar-refractivity contribution in [3.05, 3.63) is 24.2 Å². The zero-order valence-electron chi connectivity index (χ0n) is 19.0. The summed E-state index contributed by atoms with van der Waals surface area (Å²) < 4.78 is 11.7. The van der Waals surface area contributed by atoms with Gasteiger partial charge in [0.2, 0.25) is 0 Å². The minimum absolute atomic E-state index is 0.205. The van der Waals surface area contributed by atoms with Gasteiger partial charge in [-0.05, 0) is 32.4 Å². The Bertz CT molecular complexity index is 924. The Morgan fingerprint density at radius 3 is 2.53 bits per heavy atom. The molecule has 2 aliphatic heterocycles. The molecule has 0 aliphatic carbocycles. The molecule has 1 amide bonds. The Morgan fingerprint density at radius 1 is 1.09 bits per heavy atom. The monoisotopic (exact) mass is 443 g/mol. The van der Waals surface area contributed by atoms with Crippen molar-refractivity contribution in [1.82, 2.24) is 24.7 Å². The lowest BCUT2D eigenvalue weighted by Gasteiger charge is -2.32. The Labute approximate surface area is 188 Å². The van der Waals surface area contributed by atoms with Gasteiger partial charge in [0.1, 0.15) is 6.33 Å². The number of likely N-dealkylation sites (N-methyl/N-ethyl adjacent to an activating group) is 1. The van der Waals surface area contributed by atoms with Crippen LogP contribution in [0.4, 0.5) is 4.79 Å². The van der Waals surface area contributed by atoms with Gasteiger partial charge < -0.3 is 29.3 Å². The molecule has 0 unspecified atom stereocenters. The van der Waals surface area contributed by atoms with E-state index in [0.717, 1.165) is 68.6 Å². The molecule has 9 nitrogen and oxygen atoms in total. The molecule has 0 spiro atoms. The molecule has 174 valence electrons. The van der Waals surface area contributed by atoms with Gasteiger partial charge in [-0.2, -0.15) is 0 Å². The molecule has 0 atom stereocenters. The van der Waals surface area contributed by atoms with Crippen molar-refractivity contribution in [2.24, 2.45) is 0 Å². The minimum Gasteiger partial charge on any atom is -0.493 e. The molecule has 3 heterocycles. The van der Waals surface area contributed by atoms with E-state index in [1.54, 1.807) is 13.4 Å². The van der Waals surface area contributed by atoms with Gasteiger partial charge in [-0.1, -0.05) is 0 Å². The topological polar surface area (TPSA) is 91.3 Å². The summed E-state index contributed by atoms with van der Waals surface area (Å²) in [5, 5.41) is 10.2. The predicted molar refractivity (Wildman–Crippen MR) is 122 cm³/mol. The number of nitrogens with zero attached hydrogens (tertiary/aromatic N) is 5. The number of piperidine rings is 1. The summed E-state index contributed by atoms with van der Waals surface area (Å²) in [7, 11) is 3.81. The second-order valence-electron chi connectivity index (χ2n) is 8.67. The van der Waals surface area contributed by atoms with Crippen molar-refractivity contribution < 1.29 is 19.4 Å². The van der Waals surface area contributed by atoms with E-state index < -0.39 is 6.09 Å². The number of carbonyl (C=O) groups is 1. The van der Waals surface area contributed by atoms with Gasteiger partial charge in [-0.25, -0.2) is 14.8 Å². The molecule has 1 aromatic heterocycles. The smallest absolute Gasteiger partial charge is 0.407 e. The first-order chi connectivity index (χ1) is 15.5. The third kappa shape index (κ3) is 5.21. The number of methoxy groups -OCH3 is 1. The largest absolute Gasteiger partial charge is 0.493 e. The maximum absolute atomic E-state index is 11.2. The maximum atomic E-state index is 11.2. The van der Waals surface area contributed by atoms with E-state index in [0.29, 0.717) is 31.2 Å². The number of hydrogen-bond donors (Lipinski definition) is 1. The number of aromatic nitrogens is 2. The van der Waals surface area contributed by atoms with Crippen molar-refractivity contribution in [3.8, 4) is 11.5 Å². The number of fused-ring (bicyclic) bond motifs is 1. The Kier molecular flexibility index (Phi) is 7.26. The van der Waals surface area contributed by atoms with Crippen molar-refractivity contribution in [1.29, 1.82) is 0 Å². The SMILES string of the molecule is COc1cc2c(C3CCN(C(=O)O)CC3)ncnc2cc1OCCCN1CCN(C)CC1. The van der Waals surface area contributed by atoms with Crippen molar-refractivity contribution >= 4 is 17.0 Å². The molecule has 2 aliphatic rings. The van der Waals surface area contributed by atoms with Crippen LogP contribution in [0.15, 0.2) is 18.5 Å². The highest BCUT2D eigenvalue weighted by atomic mass is 16.5. The summed E-state index contributed by atoms with van der Waals surface area (Å²) in [6, 6.07) is 3.89. The molecule has 0 saturated carbocycles. The van der Waals surface area contributed by atoms with Crippen molar-refractivity contribution in [2.75, 3.05) is 66.6 Å². The van der Waals surface area contributed by atoms with Crippen LogP contribution in [0.5, 0.6) is 11.5 Å². The molecule has 32 heavy (non-hydrogen) atoms. The van der Waals surface area contributed by atoms with E-state index in [1.807, 2.05) is 12.1 Å². The molecule has 9 heteroatoms. The van der Waals surface area contributed by atoms with E-state index in [1.165, 1.54) is 4.90 Å². The van der Waals surface area contributed by atoms with Gasteiger partial charge >= 0.3 is 6.09 Å². The highest BCUT2D eigenvalue weighted by Gasteiger charge is 2.26. The first-order valence-corrected chi connectivity index (χ1v) is 11.4. The summed E-state index contributed by atoms with van der Waals surface area (Å²) in [6.07, 6.45) is 3.20. The van der Waals surface area contributed by atoms with Gasteiger partial charge in [0, 0.05) is 63.2 Å². The fourth-order valence-corrected chi connectivity index (χ4v) is 4.57. The number of benzene rings is 1. The van der Waals surface area contributed by atoms with Crippen LogP contribution in [-0.4, -0.2) is 102 Å². The highest BCUT2D eigenvalue weighted by molar-refractivity contribution is 5.85. The fraction of sp³-hybridized carbons (Fsp3) is 0.609. The fourth-order valence-electron chi connectivity index (χ4n) is 4.57. The van der Waals surface area contributed by atoms with Gasteiger partial charge in [0.15, 0.2) is 11.5 Å². The number of rotatable bonds is 7. The van der Waals surface area contributed by atoms with Crippen LogP contribution in [0, 0.1) is 0 Å². The zero-order valence-corrected chi connectivity index (χ0v) is 19.0. The molecule has 1 aromatic carbocycles. The minimum atomic E-state index is -0.855. The zero-order chi connectivity index (χ0) is 22.5. The molecule has 4 rings (SSSR count). The Balaban J connectivity index is 1.42. The van der Waals surface area contributed by atoms with E-state index in [9.17, 15) is 9.90 Å². The van der Waals surface area contributed by atoms with Crippen LogP contribution in [0.25, 0.3) is 10.9 Å². The van der Waals surface area contributed by atoms with E-state index >= 15 is 0 Å². The summed E-state index contributed by atoms with van der Waals surface area (Å²) in [4.78, 5) is 26.5. The number of piperazine rings is 1. The third-order valence-corrected chi connectivity index (χ3v) is 6.58. The number of hydrogen-bond acceptors (Lipinski definition) is 7. The third-order valence-electron chi connectivity index (χ3n) is 6.58. The highest BCUT2D eigenvalue weighted by Crippen LogP contribution is 2.37. The number of ether oxygens (including phenoxy) is 2. The van der Waals surface area contributed by atoms with E-state index in [4.69, 9.17) is 9.47 Å². The molecule has 2 fully saturated rings. The quantitative estimate of drug-likeness (QED) is 0.653. The van der Waals surface area contributed by atoms with Crippen LogP contribution in [0.1, 0.15) is 30.9 Å². The lowest BCUT2D eigenvalue weighted by atomic mass is 9.91. The first-order valence-electron chi connectivity index (χ1n) is 11.4. The van der Waals surface area contributed by atoms with Gasteiger partial charge in [0.05, 0.1) is 24.9 Å². The van der Waals surface area contributed by atoms with Crippen molar-refractivity contribution in [2.45, 2.75) is 25.2 Å². The van der Waals surface area contributed by atoms with Crippen LogP contribution in [0.3, 0.4) is 0 Å². The summed E-state index contributed by atoms with van der Waals surface area (Å²) in [5.74, 6) is 1.58. The Hall–Kier alpha value is -2.65. The second-order valence-corrected chi connectivity index (χ2v) is 8.67. The van der Waals surface area contributed by atoms with Crippen LogP contribution in [0.2, 0.25) is 0 Å². The number of likely N-dealkylation sites (tertiary alicyclic amines) is 1. The second kappa shape index (κ2) is 10.3. The molecule has 0 bridgehead atoms. The molecule has 0 radical (unpaired) electrons.